The van der Waals surface area contributed by atoms with E-state index in [1.807, 2.05) is 31.2 Å². The second-order valence-electron chi connectivity index (χ2n) is 8.76. The molecule has 9 heteroatoms. The molecular formula is C26H35N3O5S. The van der Waals surface area contributed by atoms with Gasteiger partial charge in [-0.25, -0.2) is 8.42 Å². The molecule has 0 bridgehead atoms. The van der Waals surface area contributed by atoms with Crippen LogP contribution in [0.2, 0.25) is 0 Å². The molecule has 0 spiro atoms. The maximum Gasteiger partial charge on any atom is 0.243 e. The molecule has 1 fully saturated rings. The Balaban J connectivity index is 1.84. The van der Waals surface area contributed by atoms with E-state index in [0.717, 1.165) is 11.3 Å². The van der Waals surface area contributed by atoms with E-state index >= 15 is 0 Å². The third-order valence-electron chi connectivity index (χ3n) is 6.35. The number of rotatable bonds is 10. The Labute approximate surface area is 208 Å². The van der Waals surface area contributed by atoms with Crippen molar-refractivity contribution in [1.82, 2.24) is 14.1 Å². The van der Waals surface area contributed by atoms with Crippen molar-refractivity contribution in [3.8, 4) is 5.75 Å². The number of carbonyl (C=O) groups is 2. The van der Waals surface area contributed by atoms with E-state index in [1.54, 1.807) is 54.2 Å². The highest BCUT2D eigenvalue weighted by molar-refractivity contribution is 7.89. The quantitative estimate of drug-likeness (QED) is 0.499. The highest BCUT2D eigenvalue weighted by atomic mass is 32.2. The number of hydrogen-bond acceptors (Lipinski definition) is 5. The van der Waals surface area contributed by atoms with E-state index in [0.29, 0.717) is 38.9 Å². The van der Waals surface area contributed by atoms with Gasteiger partial charge in [0.2, 0.25) is 21.8 Å². The molecule has 1 saturated heterocycles. The highest BCUT2D eigenvalue weighted by Gasteiger charge is 2.32. The molecule has 0 aromatic heterocycles. The van der Waals surface area contributed by atoms with Crippen molar-refractivity contribution in [3.63, 3.8) is 0 Å². The van der Waals surface area contributed by atoms with Crippen LogP contribution in [0.15, 0.2) is 59.5 Å². The summed E-state index contributed by atoms with van der Waals surface area (Å²) in [4.78, 5) is 29.2. The van der Waals surface area contributed by atoms with Gasteiger partial charge in [-0.2, -0.15) is 4.31 Å². The SMILES string of the molecule is CCCN(CC(=O)N(Cc1ccc(OC)cc1)C1CCN(C(C)=O)CC1)S(=O)(=O)c1ccccc1. The number of piperidine rings is 1. The average Bonchev–Trinajstić information content (AvgIpc) is 2.88. The van der Waals surface area contributed by atoms with E-state index in [9.17, 15) is 18.0 Å². The van der Waals surface area contributed by atoms with Gasteiger partial charge in [0.15, 0.2) is 0 Å². The minimum Gasteiger partial charge on any atom is -0.497 e. The topological polar surface area (TPSA) is 87.2 Å². The maximum atomic E-state index is 13.7. The molecule has 35 heavy (non-hydrogen) atoms. The summed E-state index contributed by atoms with van der Waals surface area (Å²) in [7, 11) is -2.21. The molecule has 0 N–H and O–H groups in total. The first kappa shape index (κ1) is 26.7. The van der Waals surface area contributed by atoms with E-state index in [-0.39, 0.29) is 35.8 Å². The zero-order chi connectivity index (χ0) is 25.4. The van der Waals surface area contributed by atoms with Crippen LogP contribution in [-0.2, 0) is 26.2 Å². The number of likely N-dealkylation sites (tertiary alicyclic amines) is 1. The maximum absolute atomic E-state index is 13.7. The first-order valence-corrected chi connectivity index (χ1v) is 13.4. The van der Waals surface area contributed by atoms with Crippen molar-refractivity contribution in [2.45, 2.75) is 50.6 Å². The molecule has 0 radical (unpaired) electrons. The zero-order valence-corrected chi connectivity index (χ0v) is 21.5. The molecule has 2 aromatic rings. The minimum atomic E-state index is -3.81. The molecule has 1 aliphatic rings. The largest absolute Gasteiger partial charge is 0.497 e. The van der Waals surface area contributed by atoms with Crippen LogP contribution in [0.25, 0.3) is 0 Å². The number of sulfonamides is 1. The Hall–Kier alpha value is -2.91. The predicted octanol–water partition coefficient (Wildman–Crippen LogP) is 3.14. The summed E-state index contributed by atoms with van der Waals surface area (Å²) in [6.45, 7) is 4.98. The van der Waals surface area contributed by atoms with E-state index in [4.69, 9.17) is 4.74 Å². The first-order chi connectivity index (χ1) is 16.8. The molecule has 190 valence electrons. The van der Waals surface area contributed by atoms with Crippen molar-refractivity contribution >= 4 is 21.8 Å². The summed E-state index contributed by atoms with van der Waals surface area (Å²) in [5.74, 6) is 0.513. The third-order valence-corrected chi connectivity index (χ3v) is 8.21. The van der Waals surface area contributed by atoms with Crippen LogP contribution in [0.4, 0.5) is 0 Å². The Bertz CT molecular complexity index is 1080. The number of hydrogen-bond donors (Lipinski definition) is 0. The lowest BCUT2D eigenvalue weighted by molar-refractivity contribution is -0.137. The smallest absolute Gasteiger partial charge is 0.243 e. The number of amides is 2. The molecule has 1 aliphatic heterocycles. The van der Waals surface area contributed by atoms with Gasteiger partial charge in [-0.05, 0) is 49.1 Å². The van der Waals surface area contributed by atoms with Gasteiger partial charge < -0.3 is 14.5 Å². The Morgan fingerprint density at radius 2 is 1.66 bits per heavy atom. The first-order valence-electron chi connectivity index (χ1n) is 12.0. The molecule has 3 rings (SSSR count). The lowest BCUT2D eigenvalue weighted by atomic mass is 10.0. The Kier molecular flexibility index (Phi) is 9.28. The minimum absolute atomic E-state index is 0.0274. The lowest BCUT2D eigenvalue weighted by Gasteiger charge is -2.39. The number of carbonyl (C=O) groups excluding carboxylic acids is 2. The van der Waals surface area contributed by atoms with Crippen LogP contribution < -0.4 is 4.74 Å². The molecule has 0 saturated carbocycles. The number of ether oxygens (including phenoxy) is 1. The summed E-state index contributed by atoms with van der Waals surface area (Å²) < 4.78 is 33.1. The lowest BCUT2D eigenvalue weighted by Crippen LogP contribution is -2.51. The van der Waals surface area contributed by atoms with Gasteiger partial charge in [0.05, 0.1) is 18.6 Å². The molecule has 1 heterocycles. The Morgan fingerprint density at radius 3 is 2.20 bits per heavy atom. The van der Waals surface area contributed by atoms with Crippen LogP contribution in [0.1, 0.15) is 38.7 Å². The second kappa shape index (κ2) is 12.2. The van der Waals surface area contributed by atoms with Crippen LogP contribution in [0.5, 0.6) is 5.75 Å². The van der Waals surface area contributed by atoms with E-state index in [2.05, 4.69) is 0 Å². The fraction of sp³-hybridized carbons (Fsp3) is 0.462. The summed E-state index contributed by atoms with van der Waals surface area (Å²) in [6.07, 6.45) is 1.90. The summed E-state index contributed by atoms with van der Waals surface area (Å²) in [5, 5.41) is 0. The standard InChI is InChI=1S/C26H35N3O5S/c1-4-16-28(35(32,33)25-8-6-5-7-9-25)20-26(31)29(19-22-10-12-24(34-3)13-11-22)23-14-17-27(18-15-23)21(2)30/h5-13,23H,4,14-20H2,1-3H3. The van der Waals surface area contributed by atoms with Gasteiger partial charge in [-0.1, -0.05) is 37.3 Å². The van der Waals surface area contributed by atoms with Gasteiger partial charge in [0.1, 0.15) is 5.75 Å². The number of methoxy groups -OCH3 is 1. The van der Waals surface area contributed by atoms with Crippen LogP contribution in [0.3, 0.4) is 0 Å². The normalized spacial score (nSPS) is 14.7. The van der Waals surface area contributed by atoms with Gasteiger partial charge in [-0.3, -0.25) is 9.59 Å². The van der Waals surface area contributed by atoms with Crippen molar-refractivity contribution in [2.75, 3.05) is 33.3 Å². The van der Waals surface area contributed by atoms with E-state index < -0.39 is 10.0 Å². The fourth-order valence-electron chi connectivity index (χ4n) is 4.36. The molecule has 0 atom stereocenters. The van der Waals surface area contributed by atoms with Crippen LogP contribution >= 0.6 is 0 Å². The molecule has 8 nitrogen and oxygen atoms in total. The molecule has 2 amide bonds. The van der Waals surface area contributed by atoms with Gasteiger partial charge in [0.25, 0.3) is 0 Å². The Morgan fingerprint density at radius 1 is 1.03 bits per heavy atom. The monoisotopic (exact) mass is 501 g/mol. The average molecular weight is 502 g/mol. The van der Waals surface area contributed by atoms with E-state index in [1.165, 1.54) is 4.31 Å². The van der Waals surface area contributed by atoms with Crippen LogP contribution in [-0.4, -0.2) is 73.7 Å². The zero-order valence-electron chi connectivity index (χ0n) is 20.7. The fourth-order valence-corrected chi connectivity index (χ4v) is 5.86. The summed E-state index contributed by atoms with van der Waals surface area (Å²) in [6, 6.07) is 15.7. The van der Waals surface area contributed by atoms with Crippen molar-refractivity contribution in [1.29, 1.82) is 0 Å². The number of nitrogens with zero attached hydrogens (tertiary/aromatic N) is 3. The summed E-state index contributed by atoms with van der Waals surface area (Å²) >= 11 is 0. The molecular weight excluding hydrogens is 466 g/mol. The van der Waals surface area contributed by atoms with Crippen molar-refractivity contribution in [3.05, 3.63) is 60.2 Å². The molecule has 0 aliphatic carbocycles. The second-order valence-corrected chi connectivity index (χ2v) is 10.7. The summed E-state index contributed by atoms with van der Waals surface area (Å²) in [5.41, 5.74) is 0.932. The van der Waals surface area contributed by atoms with Crippen LogP contribution in [0, 0.1) is 0 Å². The van der Waals surface area contributed by atoms with Gasteiger partial charge in [0, 0.05) is 39.1 Å². The number of benzene rings is 2. The van der Waals surface area contributed by atoms with Crippen molar-refractivity contribution < 1.29 is 22.7 Å². The van der Waals surface area contributed by atoms with Gasteiger partial charge >= 0.3 is 0 Å². The van der Waals surface area contributed by atoms with Gasteiger partial charge in [-0.15, -0.1) is 0 Å². The molecule has 0 unspecified atom stereocenters. The molecule has 2 aromatic carbocycles. The van der Waals surface area contributed by atoms with Crippen molar-refractivity contribution in [2.24, 2.45) is 0 Å². The predicted molar refractivity (Wildman–Crippen MR) is 134 cm³/mol. The third kappa shape index (κ3) is 6.82. The highest BCUT2D eigenvalue weighted by Crippen LogP contribution is 2.23.